The molecule has 0 heterocycles. The lowest BCUT2D eigenvalue weighted by Crippen LogP contribution is -2.54. The van der Waals surface area contributed by atoms with E-state index in [1.807, 2.05) is 0 Å². The average molecular weight is 231 g/mol. The van der Waals surface area contributed by atoms with E-state index in [1.54, 1.807) is 6.92 Å². The van der Waals surface area contributed by atoms with Crippen LogP contribution in [0, 0.1) is 11.8 Å². The normalized spacial score (nSPS) is 23.9. The summed E-state index contributed by atoms with van der Waals surface area (Å²) in [6.45, 7) is 1.00. The maximum absolute atomic E-state index is 11.6. The van der Waals surface area contributed by atoms with Crippen LogP contribution in [0.2, 0.25) is 0 Å². The highest BCUT2D eigenvalue weighted by molar-refractivity contribution is 5.89. The van der Waals surface area contributed by atoms with Gasteiger partial charge in [-0.3, -0.25) is 9.59 Å². The molecule has 6 heteroatoms. The van der Waals surface area contributed by atoms with Crippen LogP contribution in [0.4, 0.5) is 0 Å². The first kappa shape index (κ1) is 12.9. The van der Waals surface area contributed by atoms with Crippen molar-refractivity contribution in [1.82, 2.24) is 5.32 Å². The van der Waals surface area contributed by atoms with Crippen molar-refractivity contribution in [2.75, 3.05) is 13.2 Å². The molecule has 0 bridgehead atoms. The Kier molecular flexibility index (Phi) is 3.88. The van der Waals surface area contributed by atoms with Gasteiger partial charge in [-0.2, -0.15) is 0 Å². The Morgan fingerprint density at radius 1 is 1.31 bits per heavy atom. The predicted molar refractivity (Wildman–Crippen MR) is 54.6 cm³/mol. The summed E-state index contributed by atoms with van der Waals surface area (Å²) in [5, 5.41) is 29.4. The van der Waals surface area contributed by atoms with E-state index >= 15 is 0 Å². The van der Waals surface area contributed by atoms with Gasteiger partial charge in [0.25, 0.3) is 0 Å². The fourth-order valence-corrected chi connectivity index (χ4v) is 1.55. The highest BCUT2D eigenvalue weighted by Crippen LogP contribution is 2.39. The minimum absolute atomic E-state index is 0.331. The lowest BCUT2D eigenvalue weighted by Gasteiger charge is -2.29. The molecule has 4 N–H and O–H groups in total. The molecule has 1 fully saturated rings. The number of carboxylic acids is 1. The molecule has 0 spiro atoms. The van der Waals surface area contributed by atoms with Crippen LogP contribution >= 0.6 is 0 Å². The van der Waals surface area contributed by atoms with E-state index in [-0.39, 0.29) is 13.2 Å². The second-order valence-electron chi connectivity index (χ2n) is 4.23. The number of aliphatic carboxylic acids is 1. The number of hydrogen-bond donors (Lipinski definition) is 4. The van der Waals surface area contributed by atoms with Crippen LogP contribution in [-0.4, -0.2) is 45.9 Å². The van der Waals surface area contributed by atoms with E-state index in [9.17, 15) is 9.59 Å². The zero-order chi connectivity index (χ0) is 12.3. The van der Waals surface area contributed by atoms with Crippen LogP contribution in [0.1, 0.15) is 19.8 Å². The van der Waals surface area contributed by atoms with Crippen LogP contribution in [-0.2, 0) is 9.59 Å². The van der Waals surface area contributed by atoms with Gasteiger partial charge >= 0.3 is 5.97 Å². The fraction of sp³-hybridized carbons (Fsp3) is 0.800. The molecule has 0 aromatic heterocycles. The van der Waals surface area contributed by atoms with E-state index in [2.05, 4.69) is 5.32 Å². The molecule has 92 valence electrons. The van der Waals surface area contributed by atoms with Gasteiger partial charge < -0.3 is 20.6 Å². The van der Waals surface area contributed by atoms with Gasteiger partial charge in [0, 0.05) is 0 Å². The molecule has 1 aliphatic rings. The van der Waals surface area contributed by atoms with Crippen molar-refractivity contribution in [2.24, 2.45) is 11.8 Å². The maximum Gasteiger partial charge on any atom is 0.307 e. The van der Waals surface area contributed by atoms with Crippen molar-refractivity contribution in [3.63, 3.8) is 0 Å². The first-order valence-corrected chi connectivity index (χ1v) is 5.26. The highest BCUT2D eigenvalue weighted by atomic mass is 16.4. The van der Waals surface area contributed by atoms with Crippen molar-refractivity contribution in [3.05, 3.63) is 0 Å². The summed E-state index contributed by atoms with van der Waals surface area (Å²) in [4.78, 5) is 22.2. The van der Waals surface area contributed by atoms with Crippen LogP contribution < -0.4 is 5.32 Å². The van der Waals surface area contributed by atoms with Crippen LogP contribution in [0.25, 0.3) is 0 Å². The van der Waals surface area contributed by atoms with Crippen molar-refractivity contribution >= 4 is 11.9 Å². The molecule has 2 unspecified atom stereocenters. The Morgan fingerprint density at radius 3 is 2.19 bits per heavy atom. The zero-order valence-corrected chi connectivity index (χ0v) is 9.14. The smallest absolute Gasteiger partial charge is 0.307 e. The first-order valence-electron chi connectivity index (χ1n) is 5.26. The summed E-state index contributed by atoms with van der Waals surface area (Å²) in [5.74, 6) is -2.53. The van der Waals surface area contributed by atoms with E-state index in [1.165, 1.54) is 0 Å². The van der Waals surface area contributed by atoms with E-state index in [4.69, 9.17) is 15.3 Å². The lowest BCUT2D eigenvalue weighted by molar-refractivity contribution is -0.140. The third-order valence-electron chi connectivity index (χ3n) is 3.11. The topological polar surface area (TPSA) is 107 Å². The highest BCUT2D eigenvalue weighted by Gasteiger charge is 2.49. The second kappa shape index (κ2) is 4.80. The van der Waals surface area contributed by atoms with Gasteiger partial charge in [0.15, 0.2) is 0 Å². The van der Waals surface area contributed by atoms with Crippen LogP contribution in [0.5, 0.6) is 0 Å². The predicted octanol–water partition coefficient (Wildman–Crippen LogP) is -1.04. The Labute approximate surface area is 93.3 Å². The monoisotopic (exact) mass is 231 g/mol. The number of nitrogens with one attached hydrogen (secondary N) is 1. The average Bonchev–Trinajstić information content (AvgIpc) is 3.06. The van der Waals surface area contributed by atoms with Gasteiger partial charge in [-0.1, -0.05) is 6.92 Å². The molecule has 0 aromatic rings. The quantitative estimate of drug-likeness (QED) is 0.467. The van der Waals surface area contributed by atoms with Crippen molar-refractivity contribution < 1.29 is 24.9 Å². The Balaban J connectivity index is 2.54. The molecule has 6 nitrogen and oxygen atoms in total. The van der Waals surface area contributed by atoms with Crippen molar-refractivity contribution in [1.29, 1.82) is 0 Å². The first-order chi connectivity index (χ1) is 7.49. The zero-order valence-electron chi connectivity index (χ0n) is 9.14. The molecule has 1 rings (SSSR count). The molecular formula is C10H17NO5. The van der Waals surface area contributed by atoms with Gasteiger partial charge in [0.1, 0.15) is 0 Å². The molecule has 0 saturated heterocycles. The summed E-state index contributed by atoms with van der Waals surface area (Å²) in [5.41, 5.74) is -1.04. The largest absolute Gasteiger partial charge is 0.481 e. The molecule has 0 radical (unpaired) electrons. The minimum atomic E-state index is -1.04. The molecule has 1 saturated carbocycles. The molecular weight excluding hydrogens is 214 g/mol. The second-order valence-corrected chi connectivity index (χ2v) is 4.23. The summed E-state index contributed by atoms with van der Waals surface area (Å²) >= 11 is 0. The summed E-state index contributed by atoms with van der Waals surface area (Å²) in [6.07, 6.45) is 0.716. The van der Waals surface area contributed by atoms with Gasteiger partial charge in [0.05, 0.1) is 30.6 Å². The number of aliphatic hydroxyl groups excluding tert-OH is 2. The van der Waals surface area contributed by atoms with Crippen molar-refractivity contribution in [2.45, 2.75) is 25.3 Å². The van der Waals surface area contributed by atoms with Gasteiger partial charge in [-0.25, -0.2) is 0 Å². The lowest BCUT2D eigenvalue weighted by atomic mass is 9.98. The van der Waals surface area contributed by atoms with Crippen molar-refractivity contribution in [3.8, 4) is 0 Å². The fourth-order valence-electron chi connectivity index (χ4n) is 1.55. The molecule has 16 heavy (non-hydrogen) atoms. The number of hydrogen-bond acceptors (Lipinski definition) is 4. The summed E-state index contributed by atoms with van der Waals surface area (Å²) < 4.78 is 0. The van der Waals surface area contributed by atoms with Crippen LogP contribution in [0.3, 0.4) is 0 Å². The third kappa shape index (κ3) is 2.51. The standard InChI is InChI=1S/C10H17NO5/c1-2-10(4-12,5-13)11-8(14)6-3-7(6)9(15)16/h6-7,12-13H,2-5H2,1H3,(H,11,14)(H,15,16). The number of carbonyl (C=O) groups is 2. The van der Waals surface area contributed by atoms with Crippen LogP contribution in [0.15, 0.2) is 0 Å². The van der Waals surface area contributed by atoms with E-state index < -0.39 is 29.3 Å². The Bertz CT molecular complexity index is 279. The molecule has 0 aliphatic heterocycles. The number of carboxylic acid groups (broad SMARTS) is 1. The molecule has 1 aliphatic carbocycles. The number of carbonyl (C=O) groups excluding carboxylic acids is 1. The van der Waals surface area contributed by atoms with Gasteiger partial charge in [-0.15, -0.1) is 0 Å². The van der Waals surface area contributed by atoms with E-state index in [0.717, 1.165) is 0 Å². The molecule has 0 aromatic carbocycles. The third-order valence-corrected chi connectivity index (χ3v) is 3.11. The SMILES string of the molecule is CCC(CO)(CO)NC(=O)C1CC1C(=O)O. The maximum atomic E-state index is 11.6. The number of rotatable bonds is 6. The number of aliphatic hydroxyl groups is 2. The molecule has 2 atom stereocenters. The Hall–Kier alpha value is -1.14. The summed E-state index contributed by atoms with van der Waals surface area (Å²) in [6, 6.07) is 0. The van der Waals surface area contributed by atoms with E-state index in [0.29, 0.717) is 12.8 Å². The minimum Gasteiger partial charge on any atom is -0.481 e. The van der Waals surface area contributed by atoms with Gasteiger partial charge in [-0.05, 0) is 12.8 Å². The summed E-state index contributed by atoms with van der Waals surface area (Å²) in [7, 11) is 0. The number of amides is 1. The van der Waals surface area contributed by atoms with Gasteiger partial charge in [0.2, 0.25) is 5.91 Å². The Morgan fingerprint density at radius 2 is 1.88 bits per heavy atom. The molecule has 1 amide bonds.